The minimum absolute atomic E-state index is 0.0637. The standard InChI is InChI=1S/C16H21ClN2O3/c1-18(10-5-4-8-15(20)21)14-9-11-19(16(14)22)13-7-3-2-6-12(13)17/h2-3,6-7,14H,4-5,8-11H2,1H3,(H,20,21). The van der Waals surface area contributed by atoms with Gasteiger partial charge in [0.05, 0.1) is 16.8 Å². The Bertz CT molecular complexity index is 550. The molecule has 0 aromatic heterocycles. The number of carbonyl (C=O) groups excluding carboxylic acids is 1. The summed E-state index contributed by atoms with van der Waals surface area (Å²) in [5, 5.41) is 9.22. The van der Waals surface area contributed by atoms with E-state index in [0.717, 1.165) is 25.1 Å². The summed E-state index contributed by atoms with van der Waals surface area (Å²) in [6.45, 7) is 1.38. The number of halogens is 1. The highest BCUT2D eigenvalue weighted by molar-refractivity contribution is 6.33. The van der Waals surface area contributed by atoms with Gasteiger partial charge in [0.2, 0.25) is 5.91 Å². The highest BCUT2D eigenvalue weighted by Gasteiger charge is 2.35. The molecular formula is C16H21ClN2O3. The van der Waals surface area contributed by atoms with Gasteiger partial charge >= 0.3 is 5.97 Å². The maximum Gasteiger partial charge on any atom is 0.303 e. The van der Waals surface area contributed by atoms with Crippen LogP contribution in [-0.4, -0.2) is 48.1 Å². The number of benzene rings is 1. The first-order valence-electron chi connectivity index (χ1n) is 7.48. The Kier molecular flexibility index (Phi) is 5.80. The molecule has 1 N–H and O–H groups in total. The largest absolute Gasteiger partial charge is 0.481 e. The molecule has 120 valence electrons. The molecule has 0 spiro atoms. The van der Waals surface area contributed by atoms with Gasteiger partial charge in [0.15, 0.2) is 0 Å². The maximum absolute atomic E-state index is 12.6. The number of rotatable bonds is 7. The Labute approximate surface area is 135 Å². The van der Waals surface area contributed by atoms with Crippen LogP contribution in [0.4, 0.5) is 5.69 Å². The molecule has 0 radical (unpaired) electrons. The van der Waals surface area contributed by atoms with E-state index >= 15 is 0 Å². The fourth-order valence-electron chi connectivity index (χ4n) is 2.78. The second-order valence-corrected chi connectivity index (χ2v) is 5.98. The lowest BCUT2D eigenvalue weighted by molar-refractivity contribution is -0.137. The van der Waals surface area contributed by atoms with Gasteiger partial charge < -0.3 is 10.0 Å². The Hall–Kier alpha value is -1.59. The highest BCUT2D eigenvalue weighted by atomic mass is 35.5. The van der Waals surface area contributed by atoms with Crippen LogP contribution in [0.15, 0.2) is 24.3 Å². The second kappa shape index (κ2) is 7.61. The molecule has 22 heavy (non-hydrogen) atoms. The van der Waals surface area contributed by atoms with Crippen molar-refractivity contribution >= 4 is 29.2 Å². The summed E-state index contributed by atoms with van der Waals surface area (Å²) in [7, 11) is 1.92. The molecule has 1 heterocycles. The molecule has 1 aromatic carbocycles. The first kappa shape index (κ1) is 16.8. The van der Waals surface area contributed by atoms with Crippen molar-refractivity contribution in [3.63, 3.8) is 0 Å². The van der Waals surface area contributed by atoms with E-state index in [1.165, 1.54) is 0 Å². The van der Waals surface area contributed by atoms with Crippen molar-refractivity contribution in [3.05, 3.63) is 29.3 Å². The van der Waals surface area contributed by atoms with Crippen molar-refractivity contribution in [2.24, 2.45) is 0 Å². The van der Waals surface area contributed by atoms with Crippen molar-refractivity contribution in [1.82, 2.24) is 4.90 Å². The number of para-hydroxylation sites is 1. The number of carbonyl (C=O) groups is 2. The van der Waals surface area contributed by atoms with Crippen LogP contribution in [-0.2, 0) is 9.59 Å². The average molecular weight is 325 g/mol. The van der Waals surface area contributed by atoms with Crippen molar-refractivity contribution in [1.29, 1.82) is 0 Å². The zero-order valence-electron chi connectivity index (χ0n) is 12.7. The number of hydrogen-bond donors (Lipinski definition) is 1. The predicted octanol–water partition coefficient (Wildman–Crippen LogP) is 2.63. The summed E-state index contributed by atoms with van der Waals surface area (Å²) < 4.78 is 0. The zero-order chi connectivity index (χ0) is 16.1. The quantitative estimate of drug-likeness (QED) is 0.783. The van der Waals surface area contributed by atoms with E-state index in [4.69, 9.17) is 16.7 Å². The molecule has 6 heteroatoms. The molecule has 1 aromatic rings. The Balaban J connectivity index is 1.91. The third kappa shape index (κ3) is 3.99. The number of anilines is 1. The number of aliphatic carboxylic acids is 1. The molecule has 1 aliphatic rings. The summed E-state index contributed by atoms with van der Waals surface area (Å²) in [4.78, 5) is 26.8. The van der Waals surface area contributed by atoms with Crippen LogP contribution in [0.1, 0.15) is 25.7 Å². The van der Waals surface area contributed by atoms with E-state index in [1.54, 1.807) is 11.0 Å². The van der Waals surface area contributed by atoms with Crippen molar-refractivity contribution in [3.8, 4) is 0 Å². The minimum atomic E-state index is -0.774. The van der Waals surface area contributed by atoms with Crippen LogP contribution < -0.4 is 4.90 Å². The summed E-state index contributed by atoms with van der Waals surface area (Å²) >= 11 is 6.17. The van der Waals surface area contributed by atoms with Gasteiger partial charge in [-0.15, -0.1) is 0 Å². The van der Waals surface area contributed by atoms with Crippen LogP contribution in [0.2, 0.25) is 5.02 Å². The van der Waals surface area contributed by atoms with E-state index in [-0.39, 0.29) is 18.4 Å². The number of carboxylic acid groups (broad SMARTS) is 1. The van der Waals surface area contributed by atoms with Crippen LogP contribution in [0, 0.1) is 0 Å². The summed E-state index contributed by atoms with van der Waals surface area (Å²) in [6, 6.07) is 7.21. The summed E-state index contributed by atoms with van der Waals surface area (Å²) in [5.74, 6) is -0.710. The lowest BCUT2D eigenvalue weighted by atomic mass is 10.2. The molecule has 0 aliphatic carbocycles. The number of amides is 1. The monoisotopic (exact) mass is 324 g/mol. The molecule has 0 saturated carbocycles. The third-order valence-corrected chi connectivity index (χ3v) is 4.32. The van der Waals surface area contributed by atoms with Crippen molar-refractivity contribution < 1.29 is 14.7 Å². The molecule has 1 fully saturated rings. The average Bonchev–Trinajstić information content (AvgIpc) is 2.85. The minimum Gasteiger partial charge on any atom is -0.481 e. The van der Waals surface area contributed by atoms with Crippen LogP contribution in [0.25, 0.3) is 0 Å². The van der Waals surface area contributed by atoms with Gasteiger partial charge in [-0.25, -0.2) is 0 Å². The maximum atomic E-state index is 12.6. The molecule has 1 atom stereocenters. The first-order valence-corrected chi connectivity index (χ1v) is 7.86. The normalized spacial score (nSPS) is 18.2. The number of nitrogens with zero attached hydrogens (tertiary/aromatic N) is 2. The van der Waals surface area contributed by atoms with Gasteiger partial charge in [0, 0.05) is 13.0 Å². The zero-order valence-corrected chi connectivity index (χ0v) is 13.4. The molecular weight excluding hydrogens is 304 g/mol. The lowest BCUT2D eigenvalue weighted by Crippen LogP contribution is -2.40. The Morgan fingerprint density at radius 3 is 2.82 bits per heavy atom. The molecule has 1 aliphatic heterocycles. The van der Waals surface area contributed by atoms with Crippen LogP contribution in [0.3, 0.4) is 0 Å². The molecule has 1 saturated heterocycles. The summed E-state index contributed by atoms with van der Waals surface area (Å²) in [5.41, 5.74) is 0.760. The second-order valence-electron chi connectivity index (χ2n) is 5.58. The molecule has 0 bridgehead atoms. The third-order valence-electron chi connectivity index (χ3n) is 4.00. The smallest absolute Gasteiger partial charge is 0.303 e. The topological polar surface area (TPSA) is 60.9 Å². The molecule has 2 rings (SSSR count). The van der Waals surface area contributed by atoms with Gasteiger partial charge in [0.1, 0.15) is 0 Å². The Morgan fingerprint density at radius 1 is 1.41 bits per heavy atom. The van der Waals surface area contributed by atoms with E-state index in [2.05, 4.69) is 0 Å². The predicted molar refractivity (Wildman–Crippen MR) is 86.3 cm³/mol. The number of unbranched alkanes of at least 4 members (excludes halogenated alkanes) is 1. The molecule has 5 nitrogen and oxygen atoms in total. The first-order chi connectivity index (χ1) is 10.5. The van der Waals surface area contributed by atoms with Crippen molar-refractivity contribution in [2.75, 3.05) is 25.0 Å². The van der Waals surface area contributed by atoms with Gasteiger partial charge in [-0.3, -0.25) is 14.5 Å². The van der Waals surface area contributed by atoms with Crippen LogP contribution >= 0.6 is 11.6 Å². The fourth-order valence-corrected chi connectivity index (χ4v) is 3.01. The molecule has 1 amide bonds. The van der Waals surface area contributed by atoms with Gasteiger partial charge in [-0.2, -0.15) is 0 Å². The van der Waals surface area contributed by atoms with E-state index < -0.39 is 5.97 Å². The fraction of sp³-hybridized carbons (Fsp3) is 0.500. The highest BCUT2D eigenvalue weighted by Crippen LogP contribution is 2.30. The van der Waals surface area contributed by atoms with E-state index in [1.807, 2.05) is 30.1 Å². The number of hydrogen-bond acceptors (Lipinski definition) is 3. The Morgan fingerprint density at radius 2 is 2.14 bits per heavy atom. The van der Waals surface area contributed by atoms with Gasteiger partial charge in [0.25, 0.3) is 0 Å². The number of carboxylic acids is 1. The SMILES string of the molecule is CN(CCCCC(=O)O)C1CCN(c2ccccc2Cl)C1=O. The lowest BCUT2D eigenvalue weighted by Gasteiger charge is -2.24. The summed E-state index contributed by atoms with van der Waals surface area (Å²) in [6.07, 6.45) is 2.35. The number of likely N-dealkylation sites (N-methyl/N-ethyl adjacent to an activating group) is 1. The van der Waals surface area contributed by atoms with Gasteiger partial charge in [-0.1, -0.05) is 23.7 Å². The van der Waals surface area contributed by atoms with Crippen molar-refractivity contribution in [2.45, 2.75) is 31.7 Å². The van der Waals surface area contributed by atoms with E-state index in [9.17, 15) is 9.59 Å². The molecule has 1 unspecified atom stereocenters. The van der Waals surface area contributed by atoms with E-state index in [0.29, 0.717) is 18.0 Å². The van der Waals surface area contributed by atoms with Gasteiger partial charge in [-0.05, 0) is 45.0 Å². The van der Waals surface area contributed by atoms with Crippen LogP contribution in [0.5, 0.6) is 0 Å².